The Labute approximate surface area is 204 Å². The summed E-state index contributed by atoms with van der Waals surface area (Å²) in [5.74, 6) is 2.32. The van der Waals surface area contributed by atoms with Gasteiger partial charge in [0.2, 0.25) is 0 Å². The number of pyridine rings is 1. The number of allylic oxidation sites excluding steroid dienone is 4. The summed E-state index contributed by atoms with van der Waals surface area (Å²) in [5.41, 5.74) is 5.20. The lowest BCUT2D eigenvalue weighted by atomic mass is 9.47. The van der Waals surface area contributed by atoms with Crippen LogP contribution in [-0.4, -0.2) is 40.1 Å². The maximum absolute atomic E-state index is 11.7. The van der Waals surface area contributed by atoms with Gasteiger partial charge in [-0.1, -0.05) is 37.6 Å². The van der Waals surface area contributed by atoms with Crippen LogP contribution in [0.5, 0.6) is 0 Å². The second kappa shape index (κ2) is 8.33. The van der Waals surface area contributed by atoms with Gasteiger partial charge in [0, 0.05) is 18.9 Å². The van der Waals surface area contributed by atoms with Gasteiger partial charge in [-0.3, -0.25) is 14.7 Å². The molecule has 6 rings (SSSR count). The van der Waals surface area contributed by atoms with E-state index in [9.17, 15) is 9.90 Å². The zero-order valence-electron chi connectivity index (χ0n) is 20.9. The number of carboxylic acid groups (broad SMARTS) is 1. The maximum atomic E-state index is 11.7. The van der Waals surface area contributed by atoms with Gasteiger partial charge in [-0.2, -0.15) is 0 Å². The Balaban J connectivity index is 1.19. The number of hydrogen-bond donors (Lipinski definition) is 1. The molecule has 0 unspecified atom stereocenters. The molecule has 5 aliphatic rings. The number of aliphatic carboxylic acids is 1. The van der Waals surface area contributed by atoms with E-state index in [2.05, 4.69) is 54.2 Å². The van der Waals surface area contributed by atoms with Gasteiger partial charge in [0.05, 0.1) is 0 Å². The highest BCUT2D eigenvalue weighted by atomic mass is 16.4. The van der Waals surface area contributed by atoms with Gasteiger partial charge in [-0.25, -0.2) is 0 Å². The van der Waals surface area contributed by atoms with Gasteiger partial charge < -0.3 is 5.11 Å². The van der Waals surface area contributed by atoms with Crippen molar-refractivity contribution in [1.82, 2.24) is 9.88 Å². The van der Waals surface area contributed by atoms with E-state index < -0.39 is 5.97 Å². The molecule has 1 aromatic rings. The lowest BCUT2D eigenvalue weighted by molar-refractivity contribution is -0.142. The summed E-state index contributed by atoms with van der Waals surface area (Å²) in [5, 5.41) is 9.60. The largest absolute Gasteiger partial charge is 0.480 e. The number of fused-ring (bicyclic) bond motifs is 5. The third kappa shape index (κ3) is 3.43. The molecule has 2 heterocycles. The van der Waals surface area contributed by atoms with Crippen LogP contribution in [0.3, 0.4) is 0 Å². The summed E-state index contributed by atoms with van der Waals surface area (Å²) in [6.45, 7) is 7.04. The van der Waals surface area contributed by atoms with Gasteiger partial charge in [0.15, 0.2) is 0 Å². The number of carboxylic acids is 1. The zero-order valence-corrected chi connectivity index (χ0v) is 20.9. The Bertz CT molecular complexity index is 1020. The first-order chi connectivity index (χ1) is 16.4. The predicted molar refractivity (Wildman–Crippen MR) is 135 cm³/mol. The van der Waals surface area contributed by atoms with Crippen molar-refractivity contribution in [3.8, 4) is 0 Å². The van der Waals surface area contributed by atoms with E-state index in [4.69, 9.17) is 0 Å². The highest BCUT2D eigenvalue weighted by Crippen LogP contribution is 2.66. The van der Waals surface area contributed by atoms with E-state index >= 15 is 0 Å². The molecular weight excluding hydrogens is 420 g/mol. The highest BCUT2D eigenvalue weighted by molar-refractivity contribution is 5.74. The van der Waals surface area contributed by atoms with Crippen LogP contribution >= 0.6 is 0 Å². The van der Waals surface area contributed by atoms with Gasteiger partial charge in [-0.05, 0) is 116 Å². The van der Waals surface area contributed by atoms with Crippen molar-refractivity contribution in [3.05, 3.63) is 47.8 Å². The number of likely N-dealkylation sites (tertiary alicyclic amines) is 1. The summed E-state index contributed by atoms with van der Waals surface area (Å²) in [6.07, 6.45) is 19.8. The molecule has 4 aliphatic carbocycles. The van der Waals surface area contributed by atoms with Gasteiger partial charge in [-0.15, -0.1) is 0 Å². The molecule has 0 aromatic carbocycles. The number of nitrogens with zero attached hydrogens (tertiary/aromatic N) is 2. The van der Waals surface area contributed by atoms with Crippen molar-refractivity contribution < 1.29 is 9.90 Å². The zero-order chi connectivity index (χ0) is 23.5. The summed E-state index contributed by atoms with van der Waals surface area (Å²) in [6, 6.07) is 4.07. The number of rotatable bonds is 4. The van der Waals surface area contributed by atoms with Crippen LogP contribution in [0.15, 0.2) is 42.3 Å². The molecule has 1 saturated heterocycles. The molecule has 3 fully saturated rings. The third-order valence-electron chi connectivity index (χ3n) is 10.9. The molecule has 7 atom stereocenters. The van der Waals surface area contributed by atoms with Crippen molar-refractivity contribution in [2.24, 2.45) is 34.5 Å². The van der Waals surface area contributed by atoms with E-state index in [-0.39, 0.29) is 11.5 Å². The molecule has 2 saturated carbocycles. The molecule has 1 N–H and O–H groups in total. The van der Waals surface area contributed by atoms with E-state index in [0.717, 1.165) is 43.7 Å². The topological polar surface area (TPSA) is 53.4 Å². The maximum Gasteiger partial charge on any atom is 0.320 e. The number of carbonyl (C=O) groups is 1. The molecule has 1 aromatic heterocycles. The van der Waals surface area contributed by atoms with Crippen LogP contribution in [0.2, 0.25) is 0 Å². The van der Waals surface area contributed by atoms with Crippen LogP contribution in [-0.2, 0) is 4.79 Å². The van der Waals surface area contributed by atoms with Crippen molar-refractivity contribution in [1.29, 1.82) is 0 Å². The van der Waals surface area contributed by atoms with Crippen molar-refractivity contribution in [3.63, 3.8) is 0 Å². The fraction of sp³-hybridized carbons (Fsp3) is 0.667. The molecule has 0 spiro atoms. The van der Waals surface area contributed by atoms with Crippen LogP contribution in [0.4, 0.5) is 0 Å². The summed E-state index contributed by atoms with van der Waals surface area (Å²) in [7, 11) is 0. The first-order valence-electron chi connectivity index (χ1n) is 13.7. The van der Waals surface area contributed by atoms with Gasteiger partial charge in [0.25, 0.3) is 0 Å². The molecule has 4 nitrogen and oxygen atoms in total. The van der Waals surface area contributed by atoms with E-state index in [0.29, 0.717) is 11.3 Å². The number of hydrogen-bond acceptors (Lipinski definition) is 3. The van der Waals surface area contributed by atoms with Crippen LogP contribution < -0.4 is 0 Å². The quantitative estimate of drug-likeness (QED) is 0.543. The lowest BCUT2D eigenvalue weighted by Crippen LogP contribution is -2.50. The van der Waals surface area contributed by atoms with Crippen LogP contribution in [0.1, 0.15) is 77.2 Å². The summed E-state index contributed by atoms with van der Waals surface area (Å²) in [4.78, 5) is 18.3. The van der Waals surface area contributed by atoms with E-state index in [1.54, 1.807) is 11.1 Å². The Kier molecular flexibility index (Phi) is 5.51. The third-order valence-corrected chi connectivity index (χ3v) is 10.9. The predicted octanol–water partition coefficient (Wildman–Crippen LogP) is 6.20. The minimum atomic E-state index is -0.626. The first-order valence-corrected chi connectivity index (χ1v) is 13.7. The fourth-order valence-corrected chi connectivity index (χ4v) is 9.09. The molecule has 182 valence electrons. The van der Waals surface area contributed by atoms with Gasteiger partial charge in [0.1, 0.15) is 6.04 Å². The first kappa shape index (κ1) is 22.5. The second-order valence-electron chi connectivity index (χ2n) is 12.4. The monoisotopic (exact) mass is 460 g/mol. The molecule has 4 heteroatoms. The smallest absolute Gasteiger partial charge is 0.320 e. The minimum absolute atomic E-state index is 0.252. The lowest BCUT2D eigenvalue weighted by Gasteiger charge is -2.58. The standard InChI is InChI=1S/C30H40N2O2/c1-29-13-11-20(19-32-16-4-6-27(32)28(33)34)17-22(29)7-8-23-25-10-9-24(21-5-3-15-31-18-21)30(25,2)14-12-26(23)29/h3,5,7,9,15,18,20,23,25-27H,4,6,8,10-14,16-17,19H2,1-2H3,(H,33,34)/t20-,23-,25-,26-,27-,29-,30+/m0/s1. The van der Waals surface area contributed by atoms with E-state index in [1.165, 1.54) is 50.5 Å². The van der Waals surface area contributed by atoms with Crippen molar-refractivity contribution in [2.75, 3.05) is 13.1 Å². The molecule has 0 bridgehead atoms. The molecule has 0 radical (unpaired) electrons. The van der Waals surface area contributed by atoms with Crippen molar-refractivity contribution in [2.45, 2.75) is 77.7 Å². The minimum Gasteiger partial charge on any atom is -0.480 e. The average Bonchev–Trinajstić information content (AvgIpc) is 3.44. The summed E-state index contributed by atoms with van der Waals surface area (Å²) >= 11 is 0. The molecule has 34 heavy (non-hydrogen) atoms. The fourth-order valence-electron chi connectivity index (χ4n) is 9.09. The highest BCUT2D eigenvalue weighted by Gasteiger charge is 2.56. The molecule has 1 aliphatic heterocycles. The average molecular weight is 461 g/mol. The van der Waals surface area contributed by atoms with Crippen LogP contribution in [0, 0.1) is 34.5 Å². The summed E-state index contributed by atoms with van der Waals surface area (Å²) < 4.78 is 0. The van der Waals surface area contributed by atoms with Crippen LogP contribution in [0.25, 0.3) is 5.57 Å². The Morgan fingerprint density at radius 1 is 1.12 bits per heavy atom. The van der Waals surface area contributed by atoms with Crippen molar-refractivity contribution >= 4 is 11.5 Å². The normalized spacial score (nSPS) is 41.8. The Hall–Kier alpha value is -1.94. The Morgan fingerprint density at radius 2 is 1.97 bits per heavy atom. The molecule has 0 amide bonds. The van der Waals surface area contributed by atoms with E-state index in [1.807, 2.05) is 6.20 Å². The molecular formula is C30H40N2O2. The van der Waals surface area contributed by atoms with Gasteiger partial charge >= 0.3 is 5.97 Å². The SMILES string of the molecule is C[C@]12CC[C@H](CN3CCC[C@H]3C(=O)O)CC1=CC[C@@H]1[C@@H]2CC[C@]2(C)C(c3cccnc3)=CC[C@@H]12. The number of aromatic nitrogens is 1. The second-order valence-corrected chi connectivity index (χ2v) is 12.4. The Morgan fingerprint density at radius 3 is 2.76 bits per heavy atom.